The van der Waals surface area contributed by atoms with Gasteiger partial charge in [-0.1, -0.05) is 218 Å². The molecule has 0 heterocycles. The second-order valence-corrected chi connectivity index (χ2v) is 18.0. The van der Waals surface area contributed by atoms with Gasteiger partial charge in [-0.25, -0.2) is 0 Å². The van der Waals surface area contributed by atoms with E-state index in [0.717, 1.165) is 0 Å². The Morgan fingerprint density at radius 2 is 0.547 bits per heavy atom. The summed E-state index contributed by atoms with van der Waals surface area (Å²) in [7, 11) is 0. The molecule has 0 amide bonds. The van der Waals surface area contributed by atoms with Gasteiger partial charge < -0.3 is 0 Å². The molecule has 0 aromatic heterocycles. The Bertz CT molecular complexity index is 3650. The van der Waals surface area contributed by atoms with Crippen molar-refractivity contribution in [2.45, 2.75) is 11.8 Å². The maximum absolute atomic E-state index is 2.54. The molecule has 0 heteroatoms. The van der Waals surface area contributed by atoms with Crippen molar-refractivity contribution in [2.24, 2.45) is 0 Å². The lowest BCUT2D eigenvalue weighted by Crippen LogP contribution is -2.06. The summed E-state index contributed by atoms with van der Waals surface area (Å²) in [6, 6.07) is 72.5. The van der Waals surface area contributed by atoms with Crippen LogP contribution in [0.3, 0.4) is 0 Å². The first-order chi connectivity index (χ1) is 31.8. The lowest BCUT2D eigenvalue weighted by Gasteiger charge is -2.27. The zero-order chi connectivity index (χ0) is 41.6. The highest BCUT2D eigenvalue weighted by Crippen LogP contribution is 2.63. The van der Waals surface area contributed by atoms with Crippen LogP contribution in [0.25, 0.3) is 122 Å². The van der Waals surface area contributed by atoms with E-state index in [1.54, 1.807) is 0 Å². The molecule has 64 heavy (non-hydrogen) atoms. The summed E-state index contributed by atoms with van der Waals surface area (Å²) in [6.07, 6.45) is 10.1. The van der Waals surface area contributed by atoms with Crippen molar-refractivity contribution in [1.82, 2.24) is 0 Å². The zero-order valence-electron chi connectivity index (χ0n) is 34.9. The SMILES string of the molecule is C1=CC2c3c(c(-c4ccccc4)c4ccccc4c3-c3ccccc3)-c3ccc4c5c6c7c(ccc6c1c4c32)-c1c(c(-c2ccccc2)c2ccccc2c1-c1ccccc1)C7C=C5. The van der Waals surface area contributed by atoms with Gasteiger partial charge in [0.25, 0.3) is 0 Å². The van der Waals surface area contributed by atoms with Gasteiger partial charge in [-0.15, -0.1) is 0 Å². The maximum atomic E-state index is 2.54. The van der Waals surface area contributed by atoms with Crippen LogP contribution < -0.4 is 0 Å². The molecule has 11 aromatic rings. The fraction of sp³-hybridized carbons (Fsp3) is 0.0312. The maximum Gasteiger partial charge on any atom is 0.0298 e. The lowest BCUT2D eigenvalue weighted by molar-refractivity contribution is 1.08. The van der Waals surface area contributed by atoms with Gasteiger partial charge in [0.1, 0.15) is 0 Å². The number of fused-ring (bicyclic) bond motifs is 10. The Labute approximate surface area is 371 Å². The Hall–Kier alpha value is -8.06. The first kappa shape index (κ1) is 34.5. The van der Waals surface area contributed by atoms with E-state index in [1.165, 1.54) is 143 Å². The van der Waals surface area contributed by atoms with Crippen molar-refractivity contribution >= 4 is 55.2 Å². The van der Waals surface area contributed by atoms with Crippen LogP contribution in [0.4, 0.5) is 0 Å². The van der Waals surface area contributed by atoms with Gasteiger partial charge in [0.2, 0.25) is 0 Å². The number of benzene rings is 11. The molecule has 11 aromatic carbocycles. The molecule has 2 atom stereocenters. The second kappa shape index (κ2) is 12.8. The highest BCUT2D eigenvalue weighted by atomic mass is 14.4. The summed E-state index contributed by atoms with van der Waals surface area (Å²) < 4.78 is 0. The van der Waals surface area contributed by atoms with E-state index < -0.39 is 0 Å². The molecule has 0 fully saturated rings. The third-order valence-electron chi connectivity index (χ3n) is 15.1. The van der Waals surface area contributed by atoms with Gasteiger partial charge in [-0.3, -0.25) is 0 Å². The summed E-state index contributed by atoms with van der Waals surface area (Å²) in [5, 5.41) is 10.7. The van der Waals surface area contributed by atoms with Crippen LogP contribution in [0.5, 0.6) is 0 Å². The minimum Gasteiger partial charge on any atom is -0.0719 e. The first-order valence-electron chi connectivity index (χ1n) is 22.7. The molecule has 0 N–H and O–H groups in total. The van der Waals surface area contributed by atoms with Gasteiger partial charge >= 0.3 is 0 Å². The van der Waals surface area contributed by atoms with Gasteiger partial charge in [0, 0.05) is 11.8 Å². The highest BCUT2D eigenvalue weighted by Gasteiger charge is 2.41. The number of hydrogen-bond acceptors (Lipinski definition) is 0. The Kier molecular flexibility index (Phi) is 6.88. The smallest absolute Gasteiger partial charge is 0.0298 e. The second-order valence-electron chi connectivity index (χ2n) is 18.0. The molecule has 0 saturated carbocycles. The molecule has 4 aliphatic carbocycles. The Morgan fingerprint density at radius 1 is 0.234 bits per heavy atom. The molecule has 294 valence electrons. The topological polar surface area (TPSA) is 0 Å². The highest BCUT2D eigenvalue weighted by molar-refractivity contribution is 6.24. The quantitative estimate of drug-likeness (QED) is 0.155. The van der Waals surface area contributed by atoms with E-state index in [4.69, 9.17) is 0 Å². The molecule has 2 unspecified atom stereocenters. The van der Waals surface area contributed by atoms with Crippen LogP contribution in [0.2, 0.25) is 0 Å². The van der Waals surface area contributed by atoms with Crippen LogP contribution in [-0.4, -0.2) is 0 Å². The van der Waals surface area contributed by atoms with Gasteiger partial charge in [-0.2, -0.15) is 0 Å². The fourth-order valence-electron chi connectivity index (χ4n) is 12.8. The van der Waals surface area contributed by atoms with E-state index in [0.29, 0.717) is 0 Å². The zero-order valence-corrected chi connectivity index (χ0v) is 34.9. The van der Waals surface area contributed by atoms with Crippen molar-refractivity contribution in [3.05, 3.63) is 240 Å². The molecule has 0 nitrogen and oxygen atoms in total. The van der Waals surface area contributed by atoms with Gasteiger partial charge in [-0.05, 0) is 143 Å². The van der Waals surface area contributed by atoms with Crippen molar-refractivity contribution in [2.75, 3.05) is 0 Å². The average molecular weight is 807 g/mol. The molecular formula is C64H38. The Morgan fingerprint density at radius 3 is 0.906 bits per heavy atom. The number of hydrogen-bond donors (Lipinski definition) is 0. The molecular weight excluding hydrogens is 769 g/mol. The van der Waals surface area contributed by atoms with Gasteiger partial charge in [0.05, 0.1) is 0 Å². The molecule has 0 saturated heterocycles. The molecule has 0 spiro atoms. The summed E-state index contributed by atoms with van der Waals surface area (Å²) in [4.78, 5) is 0. The van der Waals surface area contributed by atoms with Crippen LogP contribution in [0, 0.1) is 0 Å². The van der Waals surface area contributed by atoms with E-state index in [2.05, 4.69) is 218 Å². The van der Waals surface area contributed by atoms with Crippen LogP contribution >= 0.6 is 0 Å². The molecule has 4 aliphatic rings. The predicted octanol–water partition coefficient (Wildman–Crippen LogP) is 17.2. The Balaban J connectivity index is 1.05. The van der Waals surface area contributed by atoms with Crippen molar-refractivity contribution in [3.8, 4) is 66.8 Å². The molecule has 0 aliphatic heterocycles. The van der Waals surface area contributed by atoms with Crippen LogP contribution in [0.15, 0.2) is 206 Å². The number of rotatable bonds is 4. The normalized spacial score (nSPS) is 15.7. The van der Waals surface area contributed by atoms with Crippen molar-refractivity contribution in [3.63, 3.8) is 0 Å². The molecule has 0 radical (unpaired) electrons. The summed E-state index contributed by atoms with van der Waals surface area (Å²) in [5.74, 6) is 0.253. The summed E-state index contributed by atoms with van der Waals surface area (Å²) in [6.45, 7) is 0. The average Bonchev–Trinajstić information content (AvgIpc) is 3.88. The van der Waals surface area contributed by atoms with Crippen molar-refractivity contribution < 1.29 is 0 Å². The van der Waals surface area contributed by atoms with E-state index in [-0.39, 0.29) is 11.8 Å². The largest absolute Gasteiger partial charge is 0.0719 e. The number of allylic oxidation sites excluding steroid dienone is 2. The lowest BCUT2D eigenvalue weighted by atomic mass is 9.76. The van der Waals surface area contributed by atoms with Crippen molar-refractivity contribution in [1.29, 1.82) is 0 Å². The molecule has 15 rings (SSSR count). The molecule has 0 bridgehead atoms. The monoisotopic (exact) mass is 806 g/mol. The van der Waals surface area contributed by atoms with Crippen LogP contribution in [0.1, 0.15) is 45.2 Å². The third kappa shape index (κ3) is 4.37. The van der Waals surface area contributed by atoms with Crippen LogP contribution in [-0.2, 0) is 0 Å². The third-order valence-corrected chi connectivity index (χ3v) is 15.1. The fourth-order valence-corrected chi connectivity index (χ4v) is 12.8. The predicted molar refractivity (Wildman–Crippen MR) is 271 cm³/mol. The van der Waals surface area contributed by atoms with E-state index in [1.807, 2.05) is 0 Å². The standard InChI is InChI=1S/C64H38/c1-5-17-37(18-6-1)53-41-25-13-14-26-42(41)54(38-19-7-2-8-20-38)62-50-34-30-46-48-32-36-52-60-51(35-31-47(58(48)60)45-29-33-49(61(53)62)59(50)57(45)46)63-55(39-21-9-3-10-22-39)43-27-15-16-28-44(43)56(64(52)63)40-23-11-4-12-24-40/h1-36,49,52H. The minimum atomic E-state index is 0.126. The van der Waals surface area contributed by atoms with Gasteiger partial charge in [0.15, 0.2) is 0 Å². The summed E-state index contributed by atoms with van der Waals surface area (Å²) >= 11 is 0. The summed E-state index contributed by atoms with van der Waals surface area (Å²) in [5.41, 5.74) is 24.4. The minimum absolute atomic E-state index is 0.126. The first-order valence-corrected chi connectivity index (χ1v) is 22.7. The van der Waals surface area contributed by atoms with E-state index in [9.17, 15) is 0 Å². The van der Waals surface area contributed by atoms with E-state index >= 15 is 0 Å².